The van der Waals surface area contributed by atoms with Crippen LogP contribution in [0.4, 0.5) is 13.2 Å². The van der Waals surface area contributed by atoms with Gasteiger partial charge in [0.1, 0.15) is 38.2 Å². The van der Waals surface area contributed by atoms with Crippen LogP contribution in [-0.2, 0) is 30.9 Å². The number of halogens is 3. The predicted octanol–water partition coefficient (Wildman–Crippen LogP) is -0.201. The van der Waals surface area contributed by atoms with E-state index in [1.54, 1.807) is 14.0 Å². The molecule has 0 bridgehead atoms. The smallest absolute Gasteiger partial charge is 0.408 e. The van der Waals surface area contributed by atoms with Crippen LogP contribution in [0.3, 0.4) is 0 Å². The molecular weight excluding hydrogens is 1130 g/mol. The molecule has 2 aliphatic rings. The maximum absolute atomic E-state index is 12.2. The molecule has 38 nitrogen and oxygen atoms in total. The monoisotopic (exact) mass is 1170 g/mol. The van der Waals surface area contributed by atoms with Gasteiger partial charge in [-0.1, -0.05) is 26.1 Å². The minimum absolute atomic E-state index is 0.0908. The first-order valence-electron chi connectivity index (χ1n) is 24.6. The zero-order valence-electron chi connectivity index (χ0n) is 44.1. The van der Waals surface area contributed by atoms with Crippen molar-refractivity contribution in [1.29, 1.82) is 0 Å². The summed E-state index contributed by atoms with van der Waals surface area (Å²) in [6, 6.07) is 0.326. The first-order chi connectivity index (χ1) is 40.2. The number of fused-ring (bicyclic) bond motifs is 5. The number of morpholine rings is 1. The van der Waals surface area contributed by atoms with Crippen LogP contribution in [0.25, 0.3) is 55.8 Å². The zero-order valence-corrected chi connectivity index (χ0v) is 44.1. The van der Waals surface area contributed by atoms with Gasteiger partial charge in [-0.25, -0.2) is 97.2 Å². The number of carbonyl (C=O) groups is 5. The predicted molar refractivity (Wildman–Crippen MR) is 271 cm³/mol. The third kappa shape index (κ3) is 14.3. The molecule has 10 aromatic heterocycles. The number of aromatic nitrogens is 25. The molecule has 440 valence electrons. The van der Waals surface area contributed by atoms with Gasteiger partial charge in [0.15, 0.2) is 84.3 Å². The summed E-state index contributed by atoms with van der Waals surface area (Å²) >= 11 is 0. The molecule has 0 spiro atoms. The second-order valence-electron chi connectivity index (χ2n) is 17.8. The molecule has 0 atom stereocenters. The van der Waals surface area contributed by atoms with Crippen molar-refractivity contribution in [3.8, 4) is 0 Å². The lowest BCUT2D eigenvalue weighted by molar-refractivity contribution is -0.142. The number of rotatable bonds is 15. The molecule has 0 radical (unpaired) electrons. The van der Waals surface area contributed by atoms with Crippen LogP contribution in [-0.4, -0.2) is 250 Å². The number of aromatic carboxylic acids is 5. The van der Waals surface area contributed by atoms with E-state index >= 15 is 0 Å². The third-order valence-electron chi connectivity index (χ3n) is 11.7. The molecule has 10 aromatic rings. The van der Waals surface area contributed by atoms with E-state index in [1.807, 2.05) is 25.9 Å². The highest BCUT2D eigenvalue weighted by Crippen LogP contribution is 2.35. The quantitative estimate of drug-likeness (QED) is 0.0887. The summed E-state index contributed by atoms with van der Waals surface area (Å²) in [4.78, 5) is 96.3. The summed E-state index contributed by atoms with van der Waals surface area (Å²) in [7, 11) is 3.88. The van der Waals surface area contributed by atoms with Crippen molar-refractivity contribution < 1.29 is 67.4 Å². The molecule has 12 rings (SSSR count). The summed E-state index contributed by atoms with van der Waals surface area (Å²) < 4.78 is 48.6. The van der Waals surface area contributed by atoms with Crippen LogP contribution in [0, 0.1) is 0 Å². The number of hydrogen-bond donors (Lipinski definition) is 5. The van der Waals surface area contributed by atoms with E-state index in [4.69, 9.17) is 30.3 Å². The second kappa shape index (κ2) is 26.3. The molecule has 5 N–H and O–H groups in total. The van der Waals surface area contributed by atoms with Crippen LogP contribution in [0.1, 0.15) is 84.7 Å². The van der Waals surface area contributed by atoms with Crippen LogP contribution >= 0.6 is 0 Å². The van der Waals surface area contributed by atoms with Gasteiger partial charge in [-0.05, 0) is 40.3 Å². The molecule has 0 aromatic carbocycles. The van der Waals surface area contributed by atoms with Gasteiger partial charge in [0, 0.05) is 39.3 Å². The second-order valence-corrected chi connectivity index (χ2v) is 17.8. The summed E-state index contributed by atoms with van der Waals surface area (Å²) in [5, 5.41) is 81.7. The Bertz CT molecular complexity index is 3990. The Kier molecular flexibility index (Phi) is 18.7. The number of nitrogens with zero attached hydrogens (tertiary/aromatic N) is 27. The average Bonchev–Trinajstić information content (AvgIpc) is 3.42. The van der Waals surface area contributed by atoms with Crippen LogP contribution in [0.2, 0.25) is 0 Å². The van der Waals surface area contributed by atoms with Gasteiger partial charge in [0.05, 0.1) is 25.8 Å². The van der Waals surface area contributed by atoms with Gasteiger partial charge < -0.3 is 35.2 Å². The lowest BCUT2D eigenvalue weighted by Gasteiger charge is -2.26. The van der Waals surface area contributed by atoms with Crippen molar-refractivity contribution >= 4 is 85.7 Å². The zero-order chi connectivity index (χ0) is 60.2. The molecule has 2 fully saturated rings. The largest absolute Gasteiger partial charge is 0.476 e. The Hall–Kier alpha value is -10.6. The highest BCUT2D eigenvalue weighted by Gasteiger charge is 2.31. The average molecular weight is 1170 g/mol. The molecule has 11 heterocycles. The van der Waals surface area contributed by atoms with E-state index in [-0.39, 0.29) is 56.0 Å². The Morgan fingerprint density at radius 3 is 1.26 bits per heavy atom. The summed E-state index contributed by atoms with van der Waals surface area (Å²) in [6.45, 7) is 7.48. The normalized spacial score (nSPS) is 13.4. The van der Waals surface area contributed by atoms with Crippen LogP contribution in [0.15, 0.2) is 31.6 Å². The van der Waals surface area contributed by atoms with Gasteiger partial charge in [-0.2, -0.15) is 13.2 Å². The number of likely N-dealkylation sites (N-methyl/N-ethyl adjacent to an activating group) is 1. The summed E-state index contributed by atoms with van der Waals surface area (Å²) in [5.74, 6) is -5.89. The van der Waals surface area contributed by atoms with Gasteiger partial charge in [0.2, 0.25) is 0 Å². The summed E-state index contributed by atoms with van der Waals surface area (Å²) in [6.07, 6.45) is 4.21. The highest BCUT2D eigenvalue weighted by molar-refractivity contribution is 6.00. The number of ether oxygens (including phenoxy) is 1. The molecule has 1 saturated heterocycles. The Morgan fingerprint density at radius 1 is 0.512 bits per heavy atom. The molecular formula is C43H46F3N27O11. The van der Waals surface area contributed by atoms with Crippen molar-refractivity contribution in [2.45, 2.75) is 64.6 Å². The SMILES string of the molecule is CCn1nnc2c(C(=O)O)ncnc21.CN(C)CCn1nnc2c(C(=O)O)ncnc21.O=C(O)c1ncnc2c1nnn2C1CC1.O=C(O)c1ncnc2c1nnn2CC(F)(F)F.O=C(O)c1ncnc2c1nnn2CCCN1CCOCC1. The third-order valence-corrected chi connectivity index (χ3v) is 11.7. The lowest BCUT2D eigenvalue weighted by Crippen LogP contribution is -2.37. The van der Waals surface area contributed by atoms with Gasteiger partial charge in [0.25, 0.3) is 0 Å². The fraction of sp³-hybridized carbons (Fsp3) is 0.419. The fourth-order valence-corrected chi connectivity index (χ4v) is 7.63. The molecule has 0 unspecified atom stereocenters. The molecule has 1 aliphatic carbocycles. The van der Waals surface area contributed by atoms with Crippen molar-refractivity contribution in [1.82, 2.24) is 135 Å². The minimum Gasteiger partial charge on any atom is -0.476 e. The topological polar surface area (TPSA) is 485 Å². The van der Waals surface area contributed by atoms with E-state index in [0.29, 0.717) is 52.9 Å². The van der Waals surface area contributed by atoms with Gasteiger partial charge in [-0.15, -0.1) is 25.5 Å². The van der Waals surface area contributed by atoms with Crippen LogP contribution in [0.5, 0.6) is 0 Å². The standard InChI is InChI=1S/C12H16N6O3.C9H12N6O2.C8H7N5O2.C7H4F3N5O2.C7H7N5O2/c19-12(20)10-9-11(14-8-13-10)18(16-15-9)3-1-2-17-4-6-21-7-5-17;1-14(2)3-4-15-8-6(12-13-15)7(9(16)17)10-5-11-8;14-8(15)6-5-7(10-3-9-6)13(12-11-5)4-1-2-4;8-7(9,10)1-15-5-3(13-14-15)4(6(16)17)11-2-12-5;1-2-12-6-4(10-11-12)5(7(13)14)8-3-9-6/h8H,1-7H2,(H,19,20);5H,3-4H2,1-2H3,(H,16,17);3-4H,1-2H2,(H,14,15);2H,1H2,(H,16,17);3H,2H2,1H3,(H,13,14). The lowest BCUT2D eigenvalue weighted by atomic mass is 10.3. The Morgan fingerprint density at radius 2 is 0.869 bits per heavy atom. The number of alkyl halides is 3. The van der Waals surface area contributed by atoms with Crippen molar-refractivity contribution in [3.63, 3.8) is 0 Å². The minimum atomic E-state index is -4.49. The Labute approximate surface area is 465 Å². The van der Waals surface area contributed by atoms with E-state index in [1.165, 1.54) is 30.0 Å². The molecule has 84 heavy (non-hydrogen) atoms. The summed E-state index contributed by atoms with van der Waals surface area (Å²) in [5.41, 5.74) is 1.33. The first kappa shape index (κ1) is 59.5. The van der Waals surface area contributed by atoms with Crippen LogP contribution < -0.4 is 0 Å². The van der Waals surface area contributed by atoms with E-state index in [2.05, 4.69) is 106 Å². The van der Waals surface area contributed by atoms with Crippen molar-refractivity contribution in [2.24, 2.45) is 0 Å². The molecule has 1 aliphatic heterocycles. The maximum Gasteiger partial charge on any atom is 0.408 e. The number of carboxylic acid groups (broad SMARTS) is 5. The molecule has 41 heteroatoms. The van der Waals surface area contributed by atoms with E-state index in [0.717, 1.165) is 65.0 Å². The number of aryl methyl sites for hydroxylation is 2. The first-order valence-corrected chi connectivity index (χ1v) is 24.6. The molecule has 0 amide bonds. The Balaban J connectivity index is 0.000000138. The highest BCUT2D eigenvalue weighted by atomic mass is 19.4. The number of hydrogen-bond acceptors (Lipinski definition) is 28. The van der Waals surface area contributed by atoms with Crippen molar-refractivity contribution in [2.75, 3.05) is 53.5 Å². The fourth-order valence-electron chi connectivity index (χ4n) is 7.63. The van der Waals surface area contributed by atoms with Gasteiger partial charge in [-0.3, -0.25) is 4.90 Å². The molecule has 1 saturated carbocycles. The number of carboxylic acids is 5. The van der Waals surface area contributed by atoms with Gasteiger partial charge >= 0.3 is 36.0 Å². The van der Waals surface area contributed by atoms with E-state index < -0.39 is 48.3 Å². The van der Waals surface area contributed by atoms with E-state index in [9.17, 15) is 37.1 Å². The van der Waals surface area contributed by atoms with Crippen molar-refractivity contribution in [3.05, 3.63) is 60.1 Å². The maximum atomic E-state index is 12.2.